The average molecular weight is 415 g/mol. The van der Waals surface area contributed by atoms with Crippen LogP contribution in [-0.2, 0) is 6.18 Å². The van der Waals surface area contributed by atoms with Crippen LogP contribution < -0.4 is 10.6 Å². The van der Waals surface area contributed by atoms with Crippen LogP contribution in [0, 0.1) is 6.92 Å². The molecule has 0 unspecified atom stereocenters. The van der Waals surface area contributed by atoms with Crippen molar-refractivity contribution < 1.29 is 13.2 Å². The molecule has 3 aromatic rings. The van der Waals surface area contributed by atoms with Gasteiger partial charge in [-0.25, -0.2) is 4.98 Å². The zero-order chi connectivity index (χ0) is 21.7. The van der Waals surface area contributed by atoms with Crippen molar-refractivity contribution >= 4 is 17.5 Å². The van der Waals surface area contributed by atoms with E-state index in [2.05, 4.69) is 20.6 Å². The van der Waals surface area contributed by atoms with E-state index in [0.29, 0.717) is 29.7 Å². The summed E-state index contributed by atoms with van der Waals surface area (Å²) in [6.45, 7) is 2.86. The van der Waals surface area contributed by atoms with Gasteiger partial charge in [0.05, 0.1) is 11.3 Å². The van der Waals surface area contributed by atoms with Gasteiger partial charge in [0.2, 0.25) is 5.95 Å². The number of hydrogen-bond donors (Lipinski definition) is 2. The molecule has 0 fully saturated rings. The molecule has 0 aliphatic heterocycles. The summed E-state index contributed by atoms with van der Waals surface area (Å²) < 4.78 is 39.8. The molecule has 30 heavy (non-hydrogen) atoms. The lowest BCUT2D eigenvalue weighted by Crippen LogP contribution is -2.21. The molecule has 0 spiro atoms. The summed E-state index contributed by atoms with van der Waals surface area (Å²) in [5.41, 5.74) is 1.35. The number of nitrogens with zero attached hydrogens (tertiary/aromatic N) is 3. The number of benzene rings is 2. The van der Waals surface area contributed by atoms with Crippen molar-refractivity contribution in [2.45, 2.75) is 13.1 Å². The van der Waals surface area contributed by atoms with Crippen molar-refractivity contribution in [2.24, 2.45) is 0 Å². The van der Waals surface area contributed by atoms with Crippen LogP contribution in [0.2, 0.25) is 0 Å². The van der Waals surface area contributed by atoms with Gasteiger partial charge in [-0.1, -0.05) is 36.4 Å². The highest BCUT2D eigenvalue weighted by Crippen LogP contribution is 2.35. The fraction of sp³-hybridized carbons (Fsp3) is 0.273. The Morgan fingerprint density at radius 3 is 2.37 bits per heavy atom. The molecule has 158 valence electrons. The van der Waals surface area contributed by atoms with Crippen LogP contribution in [-0.4, -0.2) is 42.1 Å². The van der Waals surface area contributed by atoms with Crippen LogP contribution in [0.5, 0.6) is 0 Å². The van der Waals surface area contributed by atoms with E-state index in [1.807, 2.05) is 49.3 Å². The minimum Gasteiger partial charge on any atom is -0.353 e. The number of aromatic nitrogens is 2. The zero-order valence-electron chi connectivity index (χ0n) is 17.1. The van der Waals surface area contributed by atoms with Crippen LogP contribution in [0.3, 0.4) is 0 Å². The maximum atomic E-state index is 13.3. The highest BCUT2D eigenvalue weighted by atomic mass is 19.4. The summed E-state index contributed by atoms with van der Waals surface area (Å²) >= 11 is 0. The molecule has 3 rings (SSSR count). The Morgan fingerprint density at radius 1 is 0.967 bits per heavy atom. The molecule has 0 aliphatic carbocycles. The van der Waals surface area contributed by atoms with Gasteiger partial charge in [0.1, 0.15) is 5.82 Å². The Hall–Kier alpha value is -3.13. The highest BCUT2D eigenvalue weighted by molar-refractivity contribution is 5.69. The highest BCUT2D eigenvalue weighted by Gasteiger charge is 2.32. The molecule has 2 aromatic carbocycles. The van der Waals surface area contributed by atoms with Crippen LogP contribution in [0.4, 0.5) is 30.6 Å². The smallest absolute Gasteiger partial charge is 0.353 e. The van der Waals surface area contributed by atoms with E-state index < -0.39 is 11.7 Å². The summed E-state index contributed by atoms with van der Waals surface area (Å²) in [6.07, 6.45) is -4.42. The van der Waals surface area contributed by atoms with Gasteiger partial charge in [-0.15, -0.1) is 0 Å². The van der Waals surface area contributed by atoms with Crippen molar-refractivity contribution in [3.8, 4) is 11.3 Å². The number of alkyl halides is 3. The molecule has 5 nitrogen and oxygen atoms in total. The van der Waals surface area contributed by atoms with Crippen molar-refractivity contribution in [1.29, 1.82) is 0 Å². The Balaban J connectivity index is 1.96. The van der Waals surface area contributed by atoms with E-state index in [1.54, 1.807) is 12.1 Å². The van der Waals surface area contributed by atoms with Gasteiger partial charge in [0, 0.05) is 30.4 Å². The second-order valence-electron chi connectivity index (χ2n) is 7.16. The van der Waals surface area contributed by atoms with Crippen LogP contribution in [0.15, 0.2) is 54.6 Å². The van der Waals surface area contributed by atoms with Crippen molar-refractivity contribution in [2.75, 3.05) is 37.8 Å². The van der Waals surface area contributed by atoms with E-state index in [-0.39, 0.29) is 5.56 Å². The third-order valence-electron chi connectivity index (χ3n) is 4.54. The largest absolute Gasteiger partial charge is 0.416 e. The molecule has 1 heterocycles. The van der Waals surface area contributed by atoms with Crippen LogP contribution in [0.25, 0.3) is 11.3 Å². The quantitative estimate of drug-likeness (QED) is 0.556. The molecule has 0 atom stereocenters. The van der Waals surface area contributed by atoms with E-state index in [9.17, 15) is 13.2 Å². The van der Waals surface area contributed by atoms with Gasteiger partial charge in [-0.05, 0) is 38.7 Å². The molecule has 1 aromatic heterocycles. The van der Waals surface area contributed by atoms with E-state index in [1.165, 1.54) is 13.0 Å². The first kappa shape index (κ1) is 21.6. The van der Waals surface area contributed by atoms with Crippen molar-refractivity contribution in [3.05, 3.63) is 65.7 Å². The maximum Gasteiger partial charge on any atom is 0.416 e. The normalized spacial score (nSPS) is 11.6. The van der Waals surface area contributed by atoms with Crippen molar-refractivity contribution in [1.82, 2.24) is 14.9 Å². The third kappa shape index (κ3) is 5.48. The first-order chi connectivity index (χ1) is 14.2. The lowest BCUT2D eigenvalue weighted by molar-refractivity contribution is -0.138. The Labute approximate surface area is 174 Å². The van der Waals surface area contributed by atoms with Gasteiger partial charge in [-0.3, -0.25) is 0 Å². The predicted molar refractivity (Wildman–Crippen MR) is 114 cm³/mol. The minimum atomic E-state index is -4.42. The fourth-order valence-corrected chi connectivity index (χ4v) is 2.95. The first-order valence-corrected chi connectivity index (χ1v) is 9.51. The van der Waals surface area contributed by atoms with Gasteiger partial charge in [0.25, 0.3) is 0 Å². The third-order valence-corrected chi connectivity index (χ3v) is 4.54. The van der Waals surface area contributed by atoms with Crippen LogP contribution >= 0.6 is 0 Å². The first-order valence-electron chi connectivity index (χ1n) is 9.51. The molecule has 0 aliphatic rings. The number of rotatable bonds is 7. The second-order valence-corrected chi connectivity index (χ2v) is 7.16. The number of likely N-dealkylation sites (N-methyl/N-ethyl adjacent to an activating group) is 1. The maximum absolute atomic E-state index is 13.3. The second kappa shape index (κ2) is 9.13. The summed E-state index contributed by atoms with van der Waals surface area (Å²) in [5.74, 6) is 0.823. The number of anilines is 3. The van der Waals surface area contributed by atoms with Crippen LogP contribution in [0.1, 0.15) is 11.1 Å². The summed E-state index contributed by atoms with van der Waals surface area (Å²) in [7, 11) is 3.93. The summed E-state index contributed by atoms with van der Waals surface area (Å²) in [5, 5.41) is 6.21. The lowest BCUT2D eigenvalue weighted by Gasteiger charge is -2.16. The number of halogens is 3. The monoisotopic (exact) mass is 415 g/mol. The van der Waals surface area contributed by atoms with Gasteiger partial charge in [-0.2, -0.15) is 18.2 Å². The lowest BCUT2D eigenvalue weighted by atomic mass is 10.1. The summed E-state index contributed by atoms with van der Waals surface area (Å²) in [4.78, 5) is 11.0. The molecule has 0 amide bonds. The van der Waals surface area contributed by atoms with Gasteiger partial charge in [0.15, 0.2) is 0 Å². The minimum absolute atomic E-state index is 0.118. The molecule has 0 bridgehead atoms. The van der Waals surface area contributed by atoms with Gasteiger partial charge < -0.3 is 15.5 Å². The molecular formula is C22H24F3N5. The Morgan fingerprint density at radius 2 is 1.70 bits per heavy atom. The molecular weight excluding hydrogens is 391 g/mol. The SMILES string of the molecule is Cc1c(Nc2cc(-c3ccccc3)nc(NCCN(C)C)n2)cccc1C(F)(F)F. The van der Waals surface area contributed by atoms with Crippen molar-refractivity contribution in [3.63, 3.8) is 0 Å². The Kier molecular flexibility index (Phi) is 6.56. The Bertz CT molecular complexity index is 988. The number of hydrogen-bond acceptors (Lipinski definition) is 5. The molecule has 8 heteroatoms. The van der Waals surface area contributed by atoms with Gasteiger partial charge >= 0.3 is 6.18 Å². The number of nitrogens with one attached hydrogen (secondary N) is 2. The van der Waals surface area contributed by atoms with E-state index in [0.717, 1.165) is 18.2 Å². The molecule has 0 radical (unpaired) electrons. The molecule has 0 saturated heterocycles. The zero-order valence-corrected chi connectivity index (χ0v) is 17.1. The molecule has 0 saturated carbocycles. The van der Waals surface area contributed by atoms with E-state index >= 15 is 0 Å². The fourth-order valence-electron chi connectivity index (χ4n) is 2.95. The summed E-state index contributed by atoms with van der Waals surface area (Å²) in [6, 6.07) is 15.3. The predicted octanol–water partition coefficient (Wildman–Crippen LogP) is 5.19. The average Bonchev–Trinajstić information content (AvgIpc) is 2.69. The van der Waals surface area contributed by atoms with E-state index in [4.69, 9.17) is 0 Å². The molecule has 2 N–H and O–H groups in total. The standard InChI is InChI=1S/C22H24F3N5/c1-15-17(22(23,24)25)10-7-11-18(15)27-20-14-19(16-8-5-4-6-9-16)28-21(29-20)26-12-13-30(2)3/h4-11,14H,12-13H2,1-3H3,(H2,26,27,28,29). The topological polar surface area (TPSA) is 53.1 Å².